The molecule has 2 aromatic carbocycles. The highest BCUT2D eigenvalue weighted by atomic mass is 79.9. The van der Waals surface area contributed by atoms with Crippen LogP contribution in [0, 0.1) is 0 Å². The maximum atomic E-state index is 12.7. The van der Waals surface area contributed by atoms with E-state index < -0.39 is 17.4 Å². The number of aryl methyl sites for hydroxylation is 1. The van der Waals surface area contributed by atoms with Crippen molar-refractivity contribution in [2.75, 3.05) is 6.61 Å². The van der Waals surface area contributed by atoms with Gasteiger partial charge in [0.05, 0.1) is 12.1 Å². The molecule has 0 amide bonds. The maximum absolute atomic E-state index is 12.7. The van der Waals surface area contributed by atoms with Crippen LogP contribution < -0.4 is 16.0 Å². The van der Waals surface area contributed by atoms with Gasteiger partial charge in [0.2, 0.25) is 5.88 Å². The van der Waals surface area contributed by atoms with Crippen LogP contribution in [0.2, 0.25) is 0 Å². The summed E-state index contributed by atoms with van der Waals surface area (Å²) in [7, 11) is 1.45. The second-order valence-electron chi connectivity index (χ2n) is 8.14. The third-order valence-corrected chi connectivity index (χ3v) is 6.61. The summed E-state index contributed by atoms with van der Waals surface area (Å²) in [6.45, 7) is -0.215. The summed E-state index contributed by atoms with van der Waals surface area (Å²) in [5.74, 6) is 0.305. The molecule has 0 aliphatic rings. The highest BCUT2D eigenvalue weighted by molar-refractivity contribution is 9.10. The third-order valence-electron chi connectivity index (χ3n) is 5.59. The predicted molar refractivity (Wildman–Crippen MR) is 143 cm³/mol. The molecule has 0 bridgehead atoms. The number of nitrogens with zero attached hydrogens (tertiary/aromatic N) is 5. The van der Waals surface area contributed by atoms with Gasteiger partial charge in [0, 0.05) is 21.4 Å². The molecule has 5 aromatic rings. The number of aromatic hydroxyl groups is 1. The van der Waals surface area contributed by atoms with Gasteiger partial charge in [-0.05, 0) is 42.5 Å². The number of aromatic amines is 2. The van der Waals surface area contributed by atoms with Crippen molar-refractivity contribution in [3.63, 3.8) is 0 Å². The average molecular weight is 633 g/mol. The Balaban J connectivity index is 1.53. The molecule has 0 saturated heterocycles. The van der Waals surface area contributed by atoms with Gasteiger partial charge in [0.25, 0.3) is 11.5 Å². The lowest BCUT2D eigenvalue weighted by Crippen LogP contribution is -2.30. The normalized spacial score (nSPS) is 12.6. The minimum Gasteiger partial charge on any atom is -0.493 e. The van der Waals surface area contributed by atoms with E-state index in [0.717, 1.165) is 13.5 Å². The molecule has 0 fully saturated rings. The summed E-state index contributed by atoms with van der Waals surface area (Å²) in [6, 6.07) is 12.4. The molecule has 3 aromatic heterocycles. The predicted octanol–water partition coefficient (Wildman–Crippen LogP) is 3.99. The van der Waals surface area contributed by atoms with Crippen LogP contribution >= 0.6 is 31.9 Å². The molecule has 1 atom stereocenters. The van der Waals surface area contributed by atoms with Crippen molar-refractivity contribution in [3.05, 3.63) is 72.2 Å². The molecular formula is C23H19Br2N7O5. The van der Waals surface area contributed by atoms with E-state index >= 15 is 0 Å². The third kappa shape index (κ3) is 4.95. The van der Waals surface area contributed by atoms with Crippen LogP contribution in [0.25, 0.3) is 22.1 Å². The first kappa shape index (κ1) is 24.9. The highest BCUT2D eigenvalue weighted by Crippen LogP contribution is 2.37. The van der Waals surface area contributed by atoms with Crippen molar-refractivity contribution in [1.82, 2.24) is 24.1 Å². The number of ether oxygens (including phenoxy) is 1. The molecule has 0 radical (unpaired) electrons. The number of fused-ring (bicyclic) bond motifs is 2. The van der Waals surface area contributed by atoms with Gasteiger partial charge in [-0.25, -0.2) is 4.79 Å². The maximum Gasteiger partial charge on any atom is 0.329 e. The van der Waals surface area contributed by atoms with Gasteiger partial charge in [-0.1, -0.05) is 31.9 Å². The van der Waals surface area contributed by atoms with Crippen LogP contribution in [0.3, 0.4) is 0 Å². The van der Waals surface area contributed by atoms with Crippen molar-refractivity contribution in [1.29, 1.82) is 0 Å². The standard InChI is InChI=1S/C23H19Br2N7O5/c1-31-19-18(21(35)28-23(31)36)32(9-13(33)10-37-14-5-2-11(24)3-6-14)22(27-19)30-29-17-15-8-12(25)4-7-16(15)26-20(17)34/h2-8,13,26,33-34H,9-10H2,1H3,(H,28,35,36)/t13-/m0/s1. The van der Waals surface area contributed by atoms with Crippen LogP contribution in [0.4, 0.5) is 11.6 Å². The molecule has 12 nitrogen and oxygen atoms in total. The molecular weight excluding hydrogens is 614 g/mol. The first-order valence-corrected chi connectivity index (χ1v) is 12.5. The van der Waals surface area contributed by atoms with E-state index in [1.807, 2.05) is 18.2 Å². The molecule has 190 valence electrons. The second-order valence-corrected chi connectivity index (χ2v) is 9.98. The second kappa shape index (κ2) is 9.95. The zero-order chi connectivity index (χ0) is 26.3. The number of aromatic nitrogens is 5. The quantitative estimate of drug-likeness (QED) is 0.198. The number of H-pyrrole nitrogens is 2. The fraction of sp³-hybridized carbons (Fsp3) is 0.174. The van der Waals surface area contributed by atoms with Gasteiger partial charge in [0.1, 0.15) is 18.5 Å². The van der Waals surface area contributed by atoms with Crippen molar-refractivity contribution >= 4 is 65.6 Å². The van der Waals surface area contributed by atoms with Crippen molar-refractivity contribution in [2.24, 2.45) is 17.3 Å². The number of aliphatic hydroxyl groups is 1. The number of nitrogens with one attached hydrogen (secondary N) is 2. The van der Waals surface area contributed by atoms with Crippen molar-refractivity contribution in [3.8, 4) is 11.6 Å². The Bertz CT molecular complexity index is 1770. The fourth-order valence-electron chi connectivity index (χ4n) is 3.79. The Labute approximate surface area is 224 Å². The SMILES string of the molecule is Cn1c(=O)[nH]c(=O)c2c1nc(N=Nc1c(O)[nH]c3ccc(Br)cc13)n2C[C@H](O)COc1ccc(Br)cc1. The zero-order valence-corrected chi connectivity index (χ0v) is 22.3. The molecule has 14 heteroatoms. The molecule has 37 heavy (non-hydrogen) atoms. The number of rotatable bonds is 7. The summed E-state index contributed by atoms with van der Waals surface area (Å²) in [6.07, 6.45) is -1.07. The number of benzene rings is 2. The van der Waals surface area contributed by atoms with Gasteiger partial charge in [0.15, 0.2) is 16.9 Å². The molecule has 0 unspecified atom stereocenters. The van der Waals surface area contributed by atoms with E-state index in [0.29, 0.717) is 16.7 Å². The minimum atomic E-state index is -1.07. The number of hydrogen-bond donors (Lipinski definition) is 4. The number of hydrogen-bond acceptors (Lipinski definition) is 8. The lowest BCUT2D eigenvalue weighted by atomic mass is 10.2. The molecule has 0 aliphatic heterocycles. The zero-order valence-electron chi connectivity index (χ0n) is 19.1. The van der Waals surface area contributed by atoms with Gasteiger partial charge in [-0.15, -0.1) is 10.2 Å². The van der Waals surface area contributed by atoms with Crippen molar-refractivity contribution in [2.45, 2.75) is 12.6 Å². The van der Waals surface area contributed by atoms with E-state index in [4.69, 9.17) is 4.74 Å². The molecule has 0 spiro atoms. The first-order chi connectivity index (χ1) is 17.7. The Kier molecular flexibility index (Phi) is 6.70. The topological polar surface area (TPSA) is 163 Å². The summed E-state index contributed by atoms with van der Waals surface area (Å²) in [5, 5.41) is 30.0. The Morgan fingerprint density at radius 3 is 2.57 bits per heavy atom. The monoisotopic (exact) mass is 631 g/mol. The summed E-state index contributed by atoms with van der Waals surface area (Å²) < 4.78 is 9.83. The minimum absolute atomic E-state index is 0.0321. The average Bonchev–Trinajstić information content (AvgIpc) is 3.37. The smallest absolute Gasteiger partial charge is 0.329 e. The van der Waals surface area contributed by atoms with Crippen LogP contribution in [-0.4, -0.2) is 47.0 Å². The fourth-order valence-corrected chi connectivity index (χ4v) is 4.42. The van der Waals surface area contributed by atoms with Gasteiger partial charge in [-0.3, -0.25) is 18.9 Å². The highest BCUT2D eigenvalue weighted by Gasteiger charge is 2.21. The first-order valence-electron chi connectivity index (χ1n) is 10.9. The van der Waals surface area contributed by atoms with E-state index in [1.54, 1.807) is 24.3 Å². The van der Waals surface area contributed by atoms with Gasteiger partial charge in [-0.2, -0.15) is 4.98 Å². The van der Waals surface area contributed by atoms with Crippen LogP contribution in [0.15, 0.2) is 71.2 Å². The molecule has 5 rings (SSSR count). The lowest BCUT2D eigenvalue weighted by molar-refractivity contribution is 0.0937. The van der Waals surface area contributed by atoms with Crippen LogP contribution in [0.1, 0.15) is 0 Å². The van der Waals surface area contributed by atoms with E-state index in [-0.39, 0.29) is 41.8 Å². The number of halogens is 2. The van der Waals surface area contributed by atoms with Gasteiger partial charge < -0.3 is 19.9 Å². The number of azo groups is 1. The van der Waals surface area contributed by atoms with Crippen LogP contribution in [0.5, 0.6) is 11.6 Å². The van der Waals surface area contributed by atoms with E-state index in [1.165, 1.54) is 11.6 Å². The Morgan fingerprint density at radius 1 is 1.08 bits per heavy atom. The number of imidazole rings is 1. The largest absolute Gasteiger partial charge is 0.493 e. The molecule has 0 aliphatic carbocycles. The van der Waals surface area contributed by atoms with E-state index in [9.17, 15) is 19.8 Å². The van der Waals surface area contributed by atoms with E-state index in [2.05, 4.69) is 57.0 Å². The Hall–Kier alpha value is -3.75. The molecule has 3 heterocycles. The lowest BCUT2D eigenvalue weighted by Gasteiger charge is -2.14. The van der Waals surface area contributed by atoms with Crippen molar-refractivity contribution < 1.29 is 14.9 Å². The van der Waals surface area contributed by atoms with Gasteiger partial charge >= 0.3 is 5.69 Å². The summed E-state index contributed by atoms with van der Waals surface area (Å²) >= 11 is 6.75. The molecule has 0 saturated carbocycles. The van der Waals surface area contributed by atoms with Crippen LogP contribution in [-0.2, 0) is 13.6 Å². The molecule has 4 N–H and O–H groups in total. The number of aliphatic hydroxyl groups excluding tert-OH is 1. The summed E-state index contributed by atoms with van der Waals surface area (Å²) in [5.41, 5.74) is -0.436. The summed E-state index contributed by atoms with van der Waals surface area (Å²) in [4.78, 5) is 34.2. The Morgan fingerprint density at radius 2 is 1.81 bits per heavy atom.